The third-order valence-electron chi connectivity index (χ3n) is 5.22. The Morgan fingerprint density at radius 1 is 1.03 bits per heavy atom. The first-order valence-corrected chi connectivity index (χ1v) is 11.0. The molecular weight excluding hydrogens is 463 g/mol. The van der Waals surface area contributed by atoms with E-state index < -0.39 is 17.9 Å². The van der Waals surface area contributed by atoms with Crippen LogP contribution in [0, 0.1) is 5.92 Å². The van der Waals surface area contributed by atoms with Crippen LogP contribution in [0.4, 0.5) is 0 Å². The second kappa shape index (κ2) is 9.21. The van der Waals surface area contributed by atoms with Crippen LogP contribution in [0.1, 0.15) is 24.2 Å². The summed E-state index contributed by atoms with van der Waals surface area (Å²) in [6.45, 7) is 3.43. The van der Waals surface area contributed by atoms with E-state index in [9.17, 15) is 14.7 Å². The number of carboxylic acids is 1. The molecule has 1 unspecified atom stereocenters. The lowest BCUT2D eigenvalue weighted by Gasteiger charge is -2.18. The highest BCUT2D eigenvalue weighted by Gasteiger charge is 2.27. The average Bonchev–Trinajstić information content (AvgIpc) is 3.19. The van der Waals surface area contributed by atoms with Gasteiger partial charge in [0.15, 0.2) is 5.65 Å². The molecule has 2 aromatic carbocycles. The molecule has 2 heterocycles. The molecular formula is C24H20Cl2N4O3. The van der Waals surface area contributed by atoms with Gasteiger partial charge in [-0.15, -0.1) is 0 Å². The Bertz CT molecular complexity index is 1340. The molecule has 0 fully saturated rings. The summed E-state index contributed by atoms with van der Waals surface area (Å²) in [5.41, 5.74) is 2.57. The van der Waals surface area contributed by atoms with Crippen molar-refractivity contribution in [3.63, 3.8) is 0 Å². The van der Waals surface area contributed by atoms with Crippen molar-refractivity contribution in [2.24, 2.45) is 5.92 Å². The van der Waals surface area contributed by atoms with Crippen LogP contribution < -0.4 is 5.32 Å². The Morgan fingerprint density at radius 2 is 1.70 bits per heavy atom. The molecule has 4 rings (SSSR count). The summed E-state index contributed by atoms with van der Waals surface area (Å²) in [5.74, 6) is -2.06. The number of carbonyl (C=O) groups is 2. The summed E-state index contributed by atoms with van der Waals surface area (Å²) < 4.78 is 1.65. The Kier molecular flexibility index (Phi) is 6.35. The van der Waals surface area contributed by atoms with E-state index in [0.29, 0.717) is 21.7 Å². The Morgan fingerprint density at radius 3 is 2.30 bits per heavy atom. The van der Waals surface area contributed by atoms with Crippen LogP contribution in [-0.4, -0.2) is 37.8 Å². The van der Waals surface area contributed by atoms with Gasteiger partial charge in [-0.2, -0.15) is 5.10 Å². The van der Waals surface area contributed by atoms with Crippen molar-refractivity contribution in [3.05, 3.63) is 76.4 Å². The molecule has 7 nitrogen and oxygen atoms in total. The molecule has 0 spiro atoms. The maximum absolute atomic E-state index is 13.0. The predicted octanol–water partition coefficient (Wildman–Crippen LogP) is 5.23. The second-order valence-corrected chi connectivity index (χ2v) is 8.64. The minimum atomic E-state index is -1.12. The third-order valence-corrected chi connectivity index (χ3v) is 5.86. The Balaban J connectivity index is 1.90. The number of halogens is 2. The first-order chi connectivity index (χ1) is 15.8. The van der Waals surface area contributed by atoms with E-state index in [0.717, 1.165) is 11.3 Å². The number of pyridine rings is 1. The molecule has 2 aromatic heterocycles. The standard InChI is InChI=1S/C24H20Cl2N4O3/c1-13(2)20(24(32)33)28-23(31)17-12-27-22-18(19(17)26)21(14-8-10-15(25)11-9-14)29-30(22)16-6-4-3-5-7-16/h3-13,20H,1-2H3,(H,28,31)(H,32,33). The zero-order chi connectivity index (χ0) is 23.7. The van der Waals surface area contributed by atoms with Crippen LogP contribution in [0.25, 0.3) is 28.0 Å². The van der Waals surface area contributed by atoms with E-state index in [1.807, 2.05) is 42.5 Å². The number of nitrogens with zero attached hydrogens (tertiary/aromatic N) is 3. The molecule has 33 heavy (non-hydrogen) atoms. The van der Waals surface area contributed by atoms with Gasteiger partial charge in [0.25, 0.3) is 5.91 Å². The fourth-order valence-corrected chi connectivity index (χ4v) is 3.93. The van der Waals surface area contributed by atoms with Gasteiger partial charge in [0.2, 0.25) is 0 Å². The van der Waals surface area contributed by atoms with Crippen LogP contribution >= 0.6 is 23.2 Å². The van der Waals surface area contributed by atoms with Crippen molar-refractivity contribution in [2.45, 2.75) is 19.9 Å². The Labute approximate surface area is 200 Å². The number of carboxylic acid groups (broad SMARTS) is 1. The molecule has 1 atom stereocenters. The number of nitrogens with one attached hydrogen (secondary N) is 1. The number of para-hydroxylation sites is 1. The number of carbonyl (C=O) groups excluding carboxylic acids is 1. The molecule has 0 radical (unpaired) electrons. The van der Waals surface area contributed by atoms with Gasteiger partial charge in [-0.3, -0.25) is 4.79 Å². The van der Waals surface area contributed by atoms with Gasteiger partial charge in [-0.25, -0.2) is 14.5 Å². The van der Waals surface area contributed by atoms with Crippen LogP contribution in [0.5, 0.6) is 0 Å². The first-order valence-electron chi connectivity index (χ1n) is 10.2. The molecule has 0 saturated carbocycles. The minimum absolute atomic E-state index is 0.0684. The highest BCUT2D eigenvalue weighted by atomic mass is 35.5. The molecule has 9 heteroatoms. The van der Waals surface area contributed by atoms with E-state index in [2.05, 4.69) is 10.3 Å². The lowest BCUT2D eigenvalue weighted by atomic mass is 10.0. The molecule has 0 aliphatic heterocycles. The number of benzene rings is 2. The Hall–Kier alpha value is -3.42. The van der Waals surface area contributed by atoms with Crippen LogP contribution in [0.2, 0.25) is 10.0 Å². The van der Waals surface area contributed by atoms with E-state index >= 15 is 0 Å². The third kappa shape index (κ3) is 4.42. The van der Waals surface area contributed by atoms with E-state index in [4.69, 9.17) is 28.3 Å². The average molecular weight is 483 g/mol. The van der Waals surface area contributed by atoms with Gasteiger partial charge in [-0.05, 0) is 30.2 Å². The molecule has 4 aromatic rings. The number of aromatic nitrogens is 3. The summed E-state index contributed by atoms with van der Waals surface area (Å²) >= 11 is 12.8. The largest absolute Gasteiger partial charge is 0.480 e. The quantitative estimate of drug-likeness (QED) is 0.391. The van der Waals surface area contributed by atoms with Crippen LogP contribution in [-0.2, 0) is 4.79 Å². The normalized spacial score (nSPS) is 12.2. The zero-order valence-corrected chi connectivity index (χ0v) is 19.3. The number of fused-ring (bicyclic) bond motifs is 1. The van der Waals surface area contributed by atoms with Crippen LogP contribution in [0.15, 0.2) is 60.8 Å². The highest BCUT2D eigenvalue weighted by Crippen LogP contribution is 2.36. The maximum atomic E-state index is 13.0. The van der Waals surface area contributed by atoms with Gasteiger partial charge in [0.1, 0.15) is 11.7 Å². The van der Waals surface area contributed by atoms with Gasteiger partial charge in [0.05, 0.1) is 21.7 Å². The number of amides is 1. The first kappa shape index (κ1) is 22.8. The minimum Gasteiger partial charge on any atom is -0.480 e. The number of hydrogen-bond acceptors (Lipinski definition) is 4. The van der Waals surface area contributed by atoms with Crippen LogP contribution in [0.3, 0.4) is 0 Å². The fourth-order valence-electron chi connectivity index (χ4n) is 3.50. The fraction of sp³-hybridized carbons (Fsp3) is 0.167. The monoisotopic (exact) mass is 482 g/mol. The molecule has 2 N–H and O–H groups in total. The maximum Gasteiger partial charge on any atom is 0.326 e. The predicted molar refractivity (Wildman–Crippen MR) is 128 cm³/mol. The van der Waals surface area contributed by atoms with Crippen molar-refractivity contribution in [1.29, 1.82) is 0 Å². The van der Waals surface area contributed by atoms with Crippen molar-refractivity contribution < 1.29 is 14.7 Å². The lowest BCUT2D eigenvalue weighted by molar-refractivity contribution is -0.140. The highest BCUT2D eigenvalue weighted by molar-refractivity contribution is 6.39. The molecule has 0 saturated heterocycles. The summed E-state index contributed by atoms with van der Waals surface area (Å²) in [6.07, 6.45) is 1.34. The van der Waals surface area contributed by atoms with Gasteiger partial charge in [0, 0.05) is 16.8 Å². The van der Waals surface area contributed by atoms with Crippen molar-refractivity contribution in [3.8, 4) is 16.9 Å². The SMILES string of the molecule is CC(C)C(NC(=O)c1cnc2c(c(-c3ccc(Cl)cc3)nn2-c2ccccc2)c1Cl)C(=O)O. The summed E-state index contributed by atoms with van der Waals surface area (Å²) in [5, 5.41) is 17.9. The van der Waals surface area contributed by atoms with E-state index in [1.165, 1.54) is 6.20 Å². The lowest BCUT2D eigenvalue weighted by Crippen LogP contribution is -2.44. The number of hydrogen-bond donors (Lipinski definition) is 2. The summed E-state index contributed by atoms with van der Waals surface area (Å²) in [4.78, 5) is 29.0. The molecule has 168 valence electrons. The van der Waals surface area contributed by atoms with Crippen molar-refractivity contribution in [2.75, 3.05) is 0 Å². The van der Waals surface area contributed by atoms with Crippen molar-refractivity contribution in [1.82, 2.24) is 20.1 Å². The number of rotatable bonds is 6. The van der Waals surface area contributed by atoms with Gasteiger partial charge < -0.3 is 10.4 Å². The van der Waals surface area contributed by atoms with Gasteiger partial charge in [-0.1, -0.05) is 67.4 Å². The molecule has 0 aliphatic carbocycles. The molecule has 1 amide bonds. The van der Waals surface area contributed by atoms with Crippen molar-refractivity contribution >= 4 is 46.1 Å². The molecule has 0 aliphatic rings. The van der Waals surface area contributed by atoms with E-state index in [-0.39, 0.29) is 16.5 Å². The summed E-state index contributed by atoms with van der Waals surface area (Å²) in [6, 6.07) is 15.5. The molecule has 0 bridgehead atoms. The second-order valence-electron chi connectivity index (χ2n) is 7.82. The topological polar surface area (TPSA) is 97.1 Å². The zero-order valence-electron chi connectivity index (χ0n) is 17.8. The summed E-state index contributed by atoms with van der Waals surface area (Å²) in [7, 11) is 0. The van der Waals surface area contributed by atoms with E-state index in [1.54, 1.807) is 30.7 Å². The van der Waals surface area contributed by atoms with Gasteiger partial charge >= 0.3 is 5.97 Å². The smallest absolute Gasteiger partial charge is 0.326 e. The number of aliphatic carboxylic acids is 1.